The second kappa shape index (κ2) is 6.52. The van der Waals surface area contributed by atoms with Gasteiger partial charge in [-0.3, -0.25) is 10.1 Å². The molecule has 1 aromatic carbocycles. The van der Waals surface area contributed by atoms with Crippen molar-refractivity contribution in [2.24, 2.45) is 0 Å². The Morgan fingerprint density at radius 2 is 2.00 bits per heavy atom. The Balaban J connectivity index is 2.53. The number of carbonyl (C=O) groups is 1. The van der Waals surface area contributed by atoms with E-state index in [1.807, 2.05) is 13.8 Å². The lowest BCUT2D eigenvalue weighted by molar-refractivity contribution is -0.145. The van der Waals surface area contributed by atoms with Crippen LogP contribution in [0.4, 0.5) is 4.39 Å². The summed E-state index contributed by atoms with van der Waals surface area (Å²) in [5.74, 6) is -0.716. The van der Waals surface area contributed by atoms with E-state index in [4.69, 9.17) is 4.74 Å². The van der Waals surface area contributed by atoms with Gasteiger partial charge in [-0.25, -0.2) is 4.39 Å². The maximum absolute atomic E-state index is 12.7. The molecular formula is C14H20FNO3. The van der Waals surface area contributed by atoms with Gasteiger partial charge in [0.05, 0.1) is 6.61 Å². The Morgan fingerprint density at radius 3 is 2.47 bits per heavy atom. The first-order valence-electron chi connectivity index (χ1n) is 6.23. The monoisotopic (exact) mass is 269 g/mol. The average Bonchev–Trinajstić information content (AvgIpc) is 2.30. The maximum Gasteiger partial charge on any atom is 0.323 e. The molecule has 0 fully saturated rings. The second-order valence-electron chi connectivity index (χ2n) is 4.99. The fraction of sp³-hybridized carbons (Fsp3) is 0.500. The molecule has 0 saturated heterocycles. The van der Waals surface area contributed by atoms with Gasteiger partial charge in [0, 0.05) is 12.5 Å². The van der Waals surface area contributed by atoms with Crippen molar-refractivity contribution in [3.8, 4) is 5.75 Å². The summed E-state index contributed by atoms with van der Waals surface area (Å²) < 4.78 is 18.1. The summed E-state index contributed by atoms with van der Waals surface area (Å²) >= 11 is 0. The molecule has 106 valence electrons. The molecule has 4 nitrogen and oxygen atoms in total. The van der Waals surface area contributed by atoms with Crippen LogP contribution in [-0.4, -0.2) is 29.3 Å². The molecule has 0 bridgehead atoms. The van der Waals surface area contributed by atoms with Crippen molar-refractivity contribution in [3.63, 3.8) is 0 Å². The molecule has 2 N–H and O–H groups in total. The molecule has 1 rings (SSSR count). The number of benzene rings is 1. The third-order valence-electron chi connectivity index (χ3n) is 2.76. The first-order chi connectivity index (χ1) is 8.83. The molecule has 1 unspecified atom stereocenters. The molecule has 0 radical (unpaired) electrons. The van der Waals surface area contributed by atoms with E-state index in [-0.39, 0.29) is 18.5 Å². The maximum atomic E-state index is 12.7. The van der Waals surface area contributed by atoms with Gasteiger partial charge in [-0.05, 0) is 45.0 Å². The molecule has 0 heterocycles. The van der Waals surface area contributed by atoms with E-state index >= 15 is 0 Å². The Morgan fingerprint density at radius 1 is 1.42 bits per heavy atom. The minimum Gasteiger partial charge on any atom is -0.494 e. The number of carboxylic acid groups (broad SMARTS) is 1. The zero-order valence-electron chi connectivity index (χ0n) is 11.4. The summed E-state index contributed by atoms with van der Waals surface area (Å²) in [4.78, 5) is 11.3. The molecule has 0 saturated carbocycles. The molecule has 1 aromatic rings. The SMILES string of the molecule is CC(C)NC(C)(CCOc1ccc(F)cc1)C(=O)O. The quantitative estimate of drug-likeness (QED) is 0.798. The van der Waals surface area contributed by atoms with Crippen LogP contribution in [0.2, 0.25) is 0 Å². The first kappa shape index (κ1) is 15.4. The number of carboxylic acids is 1. The summed E-state index contributed by atoms with van der Waals surface area (Å²) in [5.41, 5.74) is -1.03. The van der Waals surface area contributed by atoms with Crippen LogP contribution in [0.1, 0.15) is 27.2 Å². The highest BCUT2D eigenvalue weighted by Crippen LogP contribution is 2.15. The van der Waals surface area contributed by atoms with Crippen LogP contribution in [0, 0.1) is 5.82 Å². The molecule has 5 heteroatoms. The fourth-order valence-corrected chi connectivity index (χ4v) is 1.78. The normalized spacial score (nSPS) is 14.2. The number of hydrogen-bond donors (Lipinski definition) is 2. The number of aliphatic carboxylic acids is 1. The van der Waals surface area contributed by atoms with Crippen molar-refractivity contribution in [1.29, 1.82) is 0 Å². The van der Waals surface area contributed by atoms with Crippen molar-refractivity contribution in [1.82, 2.24) is 5.32 Å². The molecule has 1 atom stereocenters. The Bertz CT molecular complexity index is 419. The molecule has 0 amide bonds. The Hall–Kier alpha value is -1.62. The predicted molar refractivity (Wildman–Crippen MR) is 70.8 cm³/mol. The van der Waals surface area contributed by atoms with Crippen LogP contribution < -0.4 is 10.1 Å². The van der Waals surface area contributed by atoms with Gasteiger partial charge in [0.15, 0.2) is 0 Å². The molecule has 0 spiro atoms. The topological polar surface area (TPSA) is 58.6 Å². The van der Waals surface area contributed by atoms with Gasteiger partial charge in [0.1, 0.15) is 17.1 Å². The number of halogens is 1. The lowest BCUT2D eigenvalue weighted by Gasteiger charge is -2.28. The van der Waals surface area contributed by atoms with Gasteiger partial charge in [-0.2, -0.15) is 0 Å². The zero-order valence-corrected chi connectivity index (χ0v) is 11.4. The van der Waals surface area contributed by atoms with E-state index in [9.17, 15) is 14.3 Å². The van der Waals surface area contributed by atoms with Crippen molar-refractivity contribution in [2.45, 2.75) is 38.8 Å². The van der Waals surface area contributed by atoms with Crippen LogP contribution in [-0.2, 0) is 4.79 Å². The smallest absolute Gasteiger partial charge is 0.323 e. The Kier molecular flexibility index (Phi) is 5.30. The minimum absolute atomic E-state index is 0.0620. The second-order valence-corrected chi connectivity index (χ2v) is 4.99. The van der Waals surface area contributed by atoms with Gasteiger partial charge >= 0.3 is 5.97 Å². The summed E-state index contributed by atoms with van der Waals surface area (Å²) in [6.07, 6.45) is 0.317. The number of ether oxygens (including phenoxy) is 1. The van der Waals surface area contributed by atoms with Crippen molar-refractivity contribution in [3.05, 3.63) is 30.1 Å². The zero-order chi connectivity index (χ0) is 14.5. The third-order valence-corrected chi connectivity index (χ3v) is 2.76. The summed E-state index contributed by atoms with van der Waals surface area (Å²) in [6, 6.07) is 5.70. The van der Waals surface area contributed by atoms with E-state index in [0.29, 0.717) is 12.2 Å². The van der Waals surface area contributed by atoms with E-state index in [0.717, 1.165) is 0 Å². The predicted octanol–water partition coefficient (Wildman–Crippen LogP) is 2.44. The highest BCUT2D eigenvalue weighted by atomic mass is 19.1. The van der Waals surface area contributed by atoms with Crippen LogP contribution in [0.15, 0.2) is 24.3 Å². The summed E-state index contributed by atoms with van der Waals surface area (Å²) in [5, 5.41) is 12.3. The highest BCUT2D eigenvalue weighted by molar-refractivity contribution is 5.78. The Labute approximate surface area is 112 Å². The van der Waals surface area contributed by atoms with Crippen LogP contribution >= 0.6 is 0 Å². The molecular weight excluding hydrogens is 249 g/mol. The van der Waals surface area contributed by atoms with Gasteiger partial charge < -0.3 is 9.84 Å². The van der Waals surface area contributed by atoms with E-state index in [1.165, 1.54) is 24.3 Å². The van der Waals surface area contributed by atoms with Crippen molar-refractivity contribution < 1.29 is 19.0 Å². The lowest BCUT2D eigenvalue weighted by Crippen LogP contribution is -2.53. The van der Waals surface area contributed by atoms with Crippen LogP contribution in [0.25, 0.3) is 0 Å². The standard InChI is InChI=1S/C14H20FNO3/c1-10(2)16-14(3,13(17)18)8-9-19-12-6-4-11(15)5-7-12/h4-7,10,16H,8-9H2,1-3H3,(H,17,18). The van der Waals surface area contributed by atoms with Crippen LogP contribution in [0.5, 0.6) is 5.75 Å². The fourth-order valence-electron chi connectivity index (χ4n) is 1.78. The van der Waals surface area contributed by atoms with Crippen molar-refractivity contribution >= 4 is 5.97 Å². The number of nitrogens with one attached hydrogen (secondary N) is 1. The molecule has 0 aliphatic rings. The van der Waals surface area contributed by atoms with Gasteiger partial charge in [0.25, 0.3) is 0 Å². The van der Waals surface area contributed by atoms with Crippen LogP contribution in [0.3, 0.4) is 0 Å². The first-order valence-corrected chi connectivity index (χ1v) is 6.23. The van der Waals surface area contributed by atoms with Gasteiger partial charge in [-0.15, -0.1) is 0 Å². The minimum atomic E-state index is -1.03. The van der Waals surface area contributed by atoms with E-state index in [2.05, 4.69) is 5.32 Å². The van der Waals surface area contributed by atoms with Gasteiger partial charge in [0.2, 0.25) is 0 Å². The number of hydrogen-bond acceptors (Lipinski definition) is 3. The third kappa shape index (κ3) is 4.87. The van der Waals surface area contributed by atoms with E-state index < -0.39 is 11.5 Å². The molecule has 0 aliphatic carbocycles. The largest absolute Gasteiger partial charge is 0.494 e. The van der Waals surface area contributed by atoms with E-state index in [1.54, 1.807) is 6.92 Å². The number of rotatable bonds is 7. The van der Waals surface area contributed by atoms with Crippen molar-refractivity contribution in [2.75, 3.05) is 6.61 Å². The molecule has 19 heavy (non-hydrogen) atoms. The lowest BCUT2D eigenvalue weighted by atomic mass is 9.97. The summed E-state index contributed by atoms with van der Waals surface area (Å²) in [6.45, 7) is 5.65. The van der Waals surface area contributed by atoms with Gasteiger partial charge in [-0.1, -0.05) is 0 Å². The summed E-state index contributed by atoms with van der Waals surface area (Å²) in [7, 11) is 0. The highest BCUT2D eigenvalue weighted by Gasteiger charge is 2.33. The molecule has 0 aromatic heterocycles. The average molecular weight is 269 g/mol. The molecule has 0 aliphatic heterocycles.